The number of hydrogen-bond donors (Lipinski definition) is 2. The van der Waals surface area contributed by atoms with Crippen LogP contribution in [0.15, 0.2) is 47.0 Å². The fourth-order valence-electron chi connectivity index (χ4n) is 3.40. The second kappa shape index (κ2) is 7.01. The molecule has 0 saturated carbocycles. The first-order valence-electron chi connectivity index (χ1n) is 8.54. The first-order chi connectivity index (χ1) is 13.5. The Balaban J connectivity index is 1.95. The summed E-state index contributed by atoms with van der Waals surface area (Å²) in [6.45, 7) is 1.79. The van der Waals surface area contributed by atoms with E-state index in [0.717, 1.165) is 4.88 Å². The van der Waals surface area contributed by atoms with Crippen LogP contribution in [-0.4, -0.2) is 34.9 Å². The van der Waals surface area contributed by atoms with Gasteiger partial charge in [0.25, 0.3) is 0 Å². The van der Waals surface area contributed by atoms with Crippen LogP contribution >= 0.6 is 11.3 Å². The van der Waals surface area contributed by atoms with Crippen molar-refractivity contribution in [1.29, 1.82) is 0 Å². The molecule has 1 atom stereocenters. The molecule has 8 nitrogen and oxygen atoms in total. The molecule has 144 valence electrons. The first kappa shape index (κ1) is 18.1. The topological polar surface area (TPSA) is 104 Å². The molecule has 3 N–H and O–H groups in total. The van der Waals surface area contributed by atoms with Gasteiger partial charge in [0.2, 0.25) is 11.9 Å². The highest BCUT2D eigenvalue weighted by molar-refractivity contribution is 7.13. The van der Waals surface area contributed by atoms with E-state index in [1.807, 2.05) is 29.6 Å². The molecule has 1 aromatic carbocycles. The molecule has 0 aliphatic carbocycles. The van der Waals surface area contributed by atoms with E-state index < -0.39 is 11.9 Å². The predicted molar refractivity (Wildman–Crippen MR) is 107 cm³/mol. The normalized spacial score (nSPS) is 15.8. The summed E-state index contributed by atoms with van der Waals surface area (Å²) < 4.78 is 12.7. The van der Waals surface area contributed by atoms with Crippen molar-refractivity contribution in [2.45, 2.75) is 13.0 Å². The molecular formula is C19H19N5O3S. The van der Waals surface area contributed by atoms with Crippen molar-refractivity contribution in [3.8, 4) is 22.2 Å². The Morgan fingerprint density at radius 1 is 1.25 bits per heavy atom. The van der Waals surface area contributed by atoms with Gasteiger partial charge in [0, 0.05) is 11.3 Å². The van der Waals surface area contributed by atoms with Crippen molar-refractivity contribution in [1.82, 2.24) is 14.8 Å². The summed E-state index contributed by atoms with van der Waals surface area (Å²) in [6.07, 6.45) is 0. The van der Waals surface area contributed by atoms with Crippen LogP contribution in [0.4, 0.5) is 5.95 Å². The van der Waals surface area contributed by atoms with E-state index in [-0.39, 0.29) is 0 Å². The van der Waals surface area contributed by atoms with Gasteiger partial charge in [-0.05, 0) is 24.4 Å². The van der Waals surface area contributed by atoms with Crippen LogP contribution in [0.2, 0.25) is 0 Å². The van der Waals surface area contributed by atoms with Gasteiger partial charge in [0.15, 0.2) is 17.3 Å². The van der Waals surface area contributed by atoms with Gasteiger partial charge in [-0.2, -0.15) is 4.98 Å². The second-order valence-electron chi connectivity index (χ2n) is 6.19. The van der Waals surface area contributed by atoms with E-state index in [9.17, 15) is 4.79 Å². The van der Waals surface area contributed by atoms with Gasteiger partial charge in [-0.3, -0.25) is 4.79 Å². The monoisotopic (exact) mass is 397 g/mol. The van der Waals surface area contributed by atoms with Crippen LogP contribution in [0.25, 0.3) is 10.7 Å². The Morgan fingerprint density at radius 3 is 2.71 bits per heavy atom. The number of allylic oxidation sites excluding steroid dienone is 1. The van der Waals surface area contributed by atoms with Crippen molar-refractivity contribution >= 4 is 23.2 Å². The lowest BCUT2D eigenvalue weighted by Crippen LogP contribution is -2.32. The molecule has 28 heavy (non-hydrogen) atoms. The van der Waals surface area contributed by atoms with Crippen LogP contribution in [0, 0.1) is 0 Å². The maximum absolute atomic E-state index is 12.3. The minimum absolute atomic E-state index is 0.390. The number of carbonyl (C=O) groups is 1. The highest BCUT2D eigenvalue weighted by Crippen LogP contribution is 2.43. The lowest BCUT2D eigenvalue weighted by Gasteiger charge is -2.29. The number of thiophene rings is 1. The third-order valence-corrected chi connectivity index (χ3v) is 5.45. The maximum Gasteiger partial charge on any atom is 0.248 e. The number of aromatic nitrogens is 3. The summed E-state index contributed by atoms with van der Waals surface area (Å²) in [5, 5.41) is 9.77. The number of nitrogens with two attached hydrogens (primary N) is 1. The molecule has 4 rings (SSSR count). The fraction of sp³-hybridized carbons (Fsp3) is 0.211. The number of para-hydroxylation sites is 1. The van der Waals surface area contributed by atoms with Crippen molar-refractivity contribution in [3.63, 3.8) is 0 Å². The number of amides is 1. The van der Waals surface area contributed by atoms with E-state index in [2.05, 4.69) is 15.4 Å². The fourth-order valence-corrected chi connectivity index (χ4v) is 4.05. The standard InChI is InChI=1S/C19H19N5O3S/c1-10-14(17(20)25)15(11-6-4-7-12(26-2)16(11)27-3)24-19(21-10)22-18(23-24)13-8-5-9-28-13/h4-9,15H,1-3H3,(H2,20,25)(H,21,22,23)/t15-/m1/s1. The summed E-state index contributed by atoms with van der Waals surface area (Å²) in [4.78, 5) is 17.9. The molecule has 9 heteroatoms. The third-order valence-electron chi connectivity index (χ3n) is 4.59. The molecule has 0 radical (unpaired) electrons. The molecule has 0 spiro atoms. The summed E-state index contributed by atoms with van der Waals surface area (Å²) >= 11 is 1.54. The summed E-state index contributed by atoms with van der Waals surface area (Å²) in [5.41, 5.74) is 7.46. The molecule has 3 heterocycles. The number of benzene rings is 1. The molecule has 0 bridgehead atoms. The Labute approximate surface area is 165 Å². The number of rotatable bonds is 5. The average molecular weight is 397 g/mol. The van der Waals surface area contributed by atoms with Gasteiger partial charge in [-0.15, -0.1) is 16.4 Å². The second-order valence-corrected chi connectivity index (χ2v) is 7.14. The predicted octanol–water partition coefficient (Wildman–Crippen LogP) is 2.80. The van der Waals surface area contributed by atoms with Crippen LogP contribution in [0.1, 0.15) is 18.5 Å². The van der Waals surface area contributed by atoms with Crippen molar-refractivity contribution in [2.75, 3.05) is 19.5 Å². The van der Waals surface area contributed by atoms with Crippen LogP contribution in [0.3, 0.4) is 0 Å². The number of methoxy groups -OCH3 is 2. The quantitative estimate of drug-likeness (QED) is 0.686. The van der Waals surface area contributed by atoms with Crippen LogP contribution in [-0.2, 0) is 4.79 Å². The lowest BCUT2D eigenvalue weighted by molar-refractivity contribution is -0.115. The number of hydrogen-bond acceptors (Lipinski definition) is 7. The summed E-state index contributed by atoms with van der Waals surface area (Å²) in [7, 11) is 3.12. The van der Waals surface area contributed by atoms with Crippen LogP contribution in [0.5, 0.6) is 11.5 Å². The van der Waals surface area contributed by atoms with E-state index in [1.54, 1.807) is 43.2 Å². The Hall–Kier alpha value is -3.33. The van der Waals surface area contributed by atoms with Crippen molar-refractivity contribution in [2.24, 2.45) is 5.73 Å². The molecule has 0 saturated heterocycles. The number of carbonyl (C=O) groups excluding carboxylic acids is 1. The van der Waals surface area contributed by atoms with Crippen molar-refractivity contribution in [3.05, 3.63) is 52.5 Å². The van der Waals surface area contributed by atoms with E-state index in [0.29, 0.717) is 40.1 Å². The number of primary amides is 1. The smallest absolute Gasteiger partial charge is 0.248 e. The largest absolute Gasteiger partial charge is 0.493 e. The van der Waals surface area contributed by atoms with Crippen LogP contribution < -0.4 is 20.5 Å². The molecule has 1 aliphatic rings. The third kappa shape index (κ3) is 2.80. The molecule has 1 amide bonds. The number of anilines is 1. The van der Waals surface area contributed by atoms with E-state index in [1.165, 1.54) is 0 Å². The van der Waals surface area contributed by atoms with E-state index >= 15 is 0 Å². The number of nitrogens with one attached hydrogen (secondary N) is 1. The summed E-state index contributed by atoms with van der Waals surface area (Å²) in [5.74, 6) is 1.63. The highest BCUT2D eigenvalue weighted by atomic mass is 32.1. The highest BCUT2D eigenvalue weighted by Gasteiger charge is 2.35. The lowest BCUT2D eigenvalue weighted by atomic mass is 9.94. The number of nitrogens with zero attached hydrogens (tertiary/aromatic N) is 3. The average Bonchev–Trinajstić information content (AvgIpc) is 3.35. The Morgan fingerprint density at radius 2 is 2.07 bits per heavy atom. The molecule has 0 fully saturated rings. The minimum atomic E-state index is -0.597. The van der Waals surface area contributed by atoms with Gasteiger partial charge in [-0.1, -0.05) is 18.2 Å². The molecular weight excluding hydrogens is 378 g/mol. The zero-order valence-corrected chi connectivity index (χ0v) is 16.4. The van der Waals surface area contributed by atoms with E-state index in [4.69, 9.17) is 15.2 Å². The molecule has 0 unspecified atom stereocenters. The Bertz CT molecular complexity index is 1070. The van der Waals surface area contributed by atoms with Gasteiger partial charge in [0.05, 0.1) is 24.7 Å². The maximum atomic E-state index is 12.3. The first-order valence-corrected chi connectivity index (χ1v) is 9.42. The zero-order valence-electron chi connectivity index (χ0n) is 15.6. The van der Waals surface area contributed by atoms with Crippen molar-refractivity contribution < 1.29 is 14.3 Å². The SMILES string of the molecule is COc1cccc([C@@H]2C(C(N)=O)=C(C)Nc3nc(-c4cccs4)nn32)c1OC. The molecule has 1 aliphatic heterocycles. The Kier molecular flexibility index (Phi) is 4.52. The van der Waals surface area contributed by atoms with Gasteiger partial charge >= 0.3 is 0 Å². The van der Waals surface area contributed by atoms with Gasteiger partial charge < -0.3 is 20.5 Å². The van der Waals surface area contributed by atoms with Gasteiger partial charge in [-0.25, -0.2) is 4.68 Å². The van der Waals surface area contributed by atoms with Gasteiger partial charge in [0.1, 0.15) is 6.04 Å². The zero-order chi connectivity index (χ0) is 19.8. The molecule has 2 aromatic heterocycles. The molecule has 3 aromatic rings. The number of ether oxygens (including phenoxy) is 2. The summed E-state index contributed by atoms with van der Waals surface area (Å²) in [6, 6.07) is 8.79. The number of fused-ring (bicyclic) bond motifs is 1. The minimum Gasteiger partial charge on any atom is -0.493 e.